The third kappa shape index (κ3) is 5.00. The molecule has 0 fully saturated rings. The Balaban J connectivity index is 1.58. The van der Waals surface area contributed by atoms with Crippen molar-refractivity contribution in [3.05, 3.63) is 65.6 Å². The van der Waals surface area contributed by atoms with E-state index in [1.54, 1.807) is 7.11 Å². The molecule has 0 spiro atoms. The van der Waals surface area contributed by atoms with Gasteiger partial charge in [0.25, 0.3) is 0 Å². The van der Waals surface area contributed by atoms with Gasteiger partial charge in [0.1, 0.15) is 11.6 Å². The molecule has 0 bridgehead atoms. The zero-order chi connectivity index (χ0) is 19.1. The molecular weight excluding hydrogens is 343 g/mol. The van der Waals surface area contributed by atoms with Crippen LogP contribution in [0, 0.1) is 5.82 Å². The molecule has 142 valence electrons. The predicted octanol–water partition coefficient (Wildman–Crippen LogP) is 3.61. The van der Waals surface area contributed by atoms with Crippen LogP contribution in [0.4, 0.5) is 4.39 Å². The van der Waals surface area contributed by atoms with Crippen molar-refractivity contribution in [3.63, 3.8) is 0 Å². The molecular formula is C21H25FN4O. The molecule has 0 aliphatic rings. The molecule has 6 heteroatoms. The van der Waals surface area contributed by atoms with Gasteiger partial charge in [0.05, 0.1) is 13.7 Å². The molecule has 0 unspecified atom stereocenters. The van der Waals surface area contributed by atoms with Crippen molar-refractivity contribution < 1.29 is 9.13 Å². The minimum Gasteiger partial charge on any atom is -0.497 e. The third-order valence-corrected chi connectivity index (χ3v) is 4.34. The summed E-state index contributed by atoms with van der Waals surface area (Å²) in [6.07, 6.45) is 2.76. The number of benzene rings is 2. The highest BCUT2D eigenvalue weighted by Gasteiger charge is 2.05. The van der Waals surface area contributed by atoms with E-state index in [-0.39, 0.29) is 5.82 Å². The lowest BCUT2D eigenvalue weighted by atomic mass is 10.1. The zero-order valence-electron chi connectivity index (χ0n) is 15.7. The number of fused-ring (bicyclic) bond motifs is 1. The quantitative estimate of drug-likeness (QED) is 0.441. The number of aromatic nitrogens is 1. The Morgan fingerprint density at radius 3 is 2.70 bits per heavy atom. The molecule has 3 rings (SSSR count). The summed E-state index contributed by atoms with van der Waals surface area (Å²) in [6, 6.07) is 12.7. The lowest BCUT2D eigenvalue weighted by molar-refractivity contribution is 0.414. The molecule has 0 atom stereocenters. The number of guanidine groups is 1. The van der Waals surface area contributed by atoms with Gasteiger partial charge in [0.2, 0.25) is 0 Å². The Hall–Kier alpha value is -3.02. The van der Waals surface area contributed by atoms with Crippen molar-refractivity contribution in [2.75, 3.05) is 20.2 Å². The number of aliphatic imine (C=N–C) groups is 1. The molecule has 0 saturated heterocycles. The van der Waals surface area contributed by atoms with E-state index in [1.807, 2.05) is 43.5 Å². The van der Waals surface area contributed by atoms with Crippen LogP contribution < -0.4 is 15.4 Å². The highest BCUT2D eigenvalue weighted by Crippen LogP contribution is 2.19. The summed E-state index contributed by atoms with van der Waals surface area (Å²) in [5.74, 6) is 1.39. The minimum absolute atomic E-state index is 0.228. The number of ether oxygens (including phenoxy) is 1. The molecule has 3 N–H and O–H groups in total. The van der Waals surface area contributed by atoms with E-state index >= 15 is 0 Å². The van der Waals surface area contributed by atoms with Gasteiger partial charge in [-0.2, -0.15) is 0 Å². The van der Waals surface area contributed by atoms with Crippen LogP contribution in [0.5, 0.6) is 5.75 Å². The van der Waals surface area contributed by atoms with E-state index in [0.29, 0.717) is 6.54 Å². The number of hydrogen-bond donors (Lipinski definition) is 3. The second-order valence-electron chi connectivity index (χ2n) is 6.22. The molecule has 1 aromatic heterocycles. The monoisotopic (exact) mass is 368 g/mol. The zero-order valence-corrected chi connectivity index (χ0v) is 15.7. The minimum atomic E-state index is -0.228. The molecule has 3 aromatic rings. The fourth-order valence-electron chi connectivity index (χ4n) is 2.92. The van der Waals surface area contributed by atoms with Crippen molar-refractivity contribution in [2.24, 2.45) is 4.99 Å². The molecule has 0 amide bonds. The predicted molar refractivity (Wildman–Crippen MR) is 108 cm³/mol. The normalized spacial score (nSPS) is 11.6. The number of hydrogen-bond acceptors (Lipinski definition) is 2. The van der Waals surface area contributed by atoms with E-state index in [2.05, 4.69) is 20.6 Å². The van der Waals surface area contributed by atoms with Crippen LogP contribution in [0.1, 0.15) is 18.1 Å². The second kappa shape index (κ2) is 9.07. The number of halogens is 1. The number of rotatable bonds is 7. The van der Waals surface area contributed by atoms with E-state index in [1.165, 1.54) is 12.1 Å². The van der Waals surface area contributed by atoms with Crippen LogP contribution in [-0.2, 0) is 13.0 Å². The topological polar surface area (TPSA) is 61.4 Å². The highest BCUT2D eigenvalue weighted by molar-refractivity contribution is 5.83. The number of nitrogens with zero attached hydrogens (tertiary/aromatic N) is 1. The molecule has 27 heavy (non-hydrogen) atoms. The first-order valence-electron chi connectivity index (χ1n) is 9.10. The first-order valence-corrected chi connectivity index (χ1v) is 9.10. The van der Waals surface area contributed by atoms with Crippen LogP contribution in [0.3, 0.4) is 0 Å². The summed E-state index contributed by atoms with van der Waals surface area (Å²) >= 11 is 0. The maximum Gasteiger partial charge on any atom is 0.191 e. The summed E-state index contributed by atoms with van der Waals surface area (Å²) in [7, 11) is 1.66. The van der Waals surface area contributed by atoms with Gasteiger partial charge in [-0.3, -0.25) is 0 Å². The first kappa shape index (κ1) is 18.8. The molecule has 0 aliphatic heterocycles. The number of H-pyrrole nitrogens is 1. The van der Waals surface area contributed by atoms with Crippen LogP contribution in [0.25, 0.3) is 10.9 Å². The second-order valence-corrected chi connectivity index (χ2v) is 6.22. The smallest absolute Gasteiger partial charge is 0.191 e. The van der Waals surface area contributed by atoms with Gasteiger partial charge in [-0.05, 0) is 54.8 Å². The van der Waals surface area contributed by atoms with Gasteiger partial charge in [-0.1, -0.05) is 12.1 Å². The molecule has 1 heterocycles. The molecule has 2 aromatic carbocycles. The Morgan fingerprint density at radius 1 is 1.15 bits per heavy atom. The van der Waals surface area contributed by atoms with Gasteiger partial charge in [0, 0.05) is 30.2 Å². The number of methoxy groups -OCH3 is 1. The first-order chi connectivity index (χ1) is 13.2. The van der Waals surface area contributed by atoms with E-state index in [4.69, 9.17) is 4.74 Å². The molecule has 0 aliphatic carbocycles. The summed E-state index contributed by atoms with van der Waals surface area (Å²) in [5.41, 5.74) is 3.10. The standard InChI is InChI=1S/C21H25FN4O/c1-3-23-21(26-13-15-4-7-18(27-2)8-5-15)24-11-10-16-14-25-20-12-17(22)6-9-19(16)20/h4-9,12,14,25H,3,10-11,13H2,1-2H3,(H2,23,24,26). The van der Waals surface area contributed by atoms with E-state index in [9.17, 15) is 4.39 Å². The van der Waals surface area contributed by atoms with Gasteiger partial charge >= 0.3 is 0 Å². The summed E-state index contributed by atoms with van der Waals surface area (Å²) < 4.78 is 18.5. The summed E-state index contributed by atoms with van der Waals surface area (Å²) in [5, 5.41) is 7.67. The Bertz CT molecular complexity index is 902. The van der Waals surface area contributed by atoms with Gasteiger partial charge in [-0.25, -0.2) is 9.38 Å². The molecule has 0 radical (unpaired) electrons. The van der Waals surface area contributed by atoms with E-state index < -0.39 is 0 Å². The number of aromatic amines is 1. The SMILES string of the molecule is CCNC(=NCc1ccc(OC)cc1)NCCc1c[nH]c2cc(F)ccc12. The van der Waals surface area contributed by atoms with Crippen LogP contribution in [-0.4, -0.2) is 31.1 Å². The van der Waals surface area contributed by atoms with Crippen LogP contribution >= 0.6 is 0 Å². The van der Waals surface area contributed by atoms with E-state index in [0.717, 1.165) is 53.2 Å². The third-order valence-electron chi connectivity index (χ3n) is 4.34. The Kier molecular flexibility index (Phi) is 6.30. The van der Waals surface area contributed by atoms with Crippen molar-refractivity contribution in [2.45, 2.75) is 19.9 Å². The van der Waals surface area contributed by atoms with Gasteiger partial charge < -0.3 is 20.4 Å². The van der Waals surface area contributed by atoms with Crippen molar-refractivity contribution in [1.82, 2.24) is 15.6 Å². The van der Waals surface area contributed by atoms with Crippen molar-refractivity contribution in [3.8, 4) is 5.75 Å². The average Bonchev–Trinajstić information content (AvgIpc) is 3.08. The van der Waals surface area contributed by atoms with Crippen molar-refractivity contribution >= 4 is 16.9 Å². The lowest BCUT2D eigenvalue weighted by Gasteiger charge is -2.11. The summed E-state index contributed by atoms with van der Waals surface area (Å²) in [6.45, 7) is 4.16. The lowest BCUT2D eigenvalue weighted by Crippen LogP contribution is -2.38. The fourth-order valence-corrected chi connectivity index (χ4v) is 2.92. The molecule has 5 nitrogen and oxygen atoms in total. The van der Waals surface area contributed by atoms with Gasteiger partial charge in [-0.15, -0.1) is 0 Å². The average molecular weight is 368 g/mol. The largest absolute Gasteiger partial charge is 0.497 e. The molecule has 0 saturated carbocycles. The number of nitrogens with one attached hydrogen (secondary N) is 3. The summed E-state index contributed by atoms with van der Waals surface area (Å²) in [4.78, 5) is 7.75. The maximum atomic E-state index is 13.3. The van der Waals surface area contributed by atoms with Crippen molar-refractivity contribution in [1.29, 1.82) is 0 Å². The fraction of sp³-hybridized carbons (Fsp3) is 0.286. The highest BCUT2D eigenvalue weighted by atomic mass is 19.1. The Morgan fingerprint density at radius 2 is 1.96 bits per heavy atom. The van der Waals surface area contributed by atoms with Crippen LogP contribution in [0.2, 0.25) is 0 Å². The van der Waals surface area contributed by atoms with Crippen LogP contribution in [0.15, 0.2) is 53.7 Å². The van der Waals surface area contributed by atoms with Gasteiger partial charge in [0.15, 0.2) is 5.96 Å². The maximum absolute atomic E-state index is 13.3. The Labute approximate surface area is 158 Å².